The summed E-state index contributed by atoms with van der Waals surface area (Å²) in [4.78, 5) is 62.4. The summed E-state index contributed by atoms with van der Waals surface area (Å²) < 4.78 is 29.2. The van der Waals surface area contributed by atoms with Gasteiger partial charge in [0.05, 0.1) is 31.9 Å². The Hall–Kier alpha value is -4.18. The lowest BCUT2D eigenvalue weighted by atomic mass is 10.1. The molecule has 3 aliphatic carbocycles. The highest BCUT2D eigenvalue weighted by molar-refractivity contribution is 6.36. The van der Waals surface area contributed by atoms with E-state index in [0.29, 0.717) is 96.2 Å². The summed E-state index contributed by atoms with van der Waals surface area (Å²) in [6.45, 7) is 12.0. The van der Waals surface area contributed by atoms with Crippen LogP contribution in [0.25, 0.3) is 10.9 Å². The van der Waals surface area contributed by atoms with Crippen LogP contribution in [-0.4, -0.2) is 133 Å². The number of alkyl carbamates (subject to hydrolysis) is 1. The summed E-state index contributed by atoms with van der Waals surface area (Å²) in [5.41, 5.74) is 0.0645. The Kier molecular flexibility index (Phi) is 12.5. The number of amides is 3. The van der Waals surface area contributed by atoms with Crippen molar-refractivity contribution in [1.29, 1.82) is 0 Å². The van der Waals surface area contributed by atoms with Gasteiger partial charge < -0.3 is 44.3 Å². The molecule has 5 fully saturated rings. The summed E-state index contributed by atoms with van der Waals surface area (Å²) in [6.07, 6.45) is 2.53. The molecular formula is C41H54ClN5O10. The van der Waals surface area contributed by atoms with Crippen molar-refractivity contribution >= 4 is 46.4 Å². The molecule has 3 saturated carbocycles. The number of halogens is 1. The van der Waals surface area contributed by atoms with E-state index in [4.69, 9.17) is 40.3 Å². The van der Waals surface area contributed by atoms with Gasteiger partial charge in [-0.2, -0.15) is 0 Å². The second kappa shape index (κ2) is 17.4. The number of rotatable bonds is 17. The summed E-state index contributed by atoms with van der Waals surface area (Å²) in [7, 11) is 1.60. The molecule has 16 heteroatoms. The maximum Gasteiger partial charge on any atom is 0.408 e. The number of benzene rings is 1. The highest BCUT2D eigenvalue weighted by Gasteiger charge is 2.61. The quantitative estimate of drug-likeness (QED) is 0.196. The van der Waals surface area contributed by atoms with Gasteiger partial charge in [-0.25, -0.2) is 9.59 Å². The third-order valence-electron chi connectivity index (χ3n) is 12.2. The summed E-state index contributed by atoms with van der Waals surface area (Å²) in [6, 6.07) is 3.10. The van der Waals surface area contributed by atoms with Gasteiger partial charge >= 0.3 is 12.1 Å². The molecular weight excluding hydrogens is 758 g/mol. The molecule has 7 rings (SSSR count). The fraction of sp³-hybridized carbons (Fsp3) is 0.634. The number of likely N-dealkylation sites (tertiary alicyclic amines) is 1. The fourth-order valence-electron chi connectivity index (χ4n) is 8.68. The lowest BCUT2D eigenvalue weighted by Gasteiger charge is -2.29. The molecule has 1 aromatic carbocycles. The van der Waals surface area contributed by atoms with Gasteiger partial charge in [-0.15, -0.1) is 0 Å². The molecule has 15 nitrogen and oxygen atoms in total. The predicted octanol–water partition coefficient (Wildman–Crippen LogP) is 3.98. The average molecular weight is 812 g/mol. The van der Waals surface area contributed by atoms with E-state index in [-0.39, 0.29) is 25.0 Å². The van der Waals surface area contributed by atoms with Crippen molar-refractivity contribution in [3.8, 4) is 11.5 Å². The van der Waals surface area contributed by atoms with E-state index in [1.807, 2.05) is 13.0 Å². The number of hydrogen-bond donors (Lipinski definition) is 3. The second-order valence-electron chi connectivity index (χ2n) is 16.2. The lowest BCUT2D eigenvalue weighted by molar-refractivity contribution is -0.145. The number of carboxylic acids is 1. The Morgan fingerprint density at radius 3 is 2.51 bits per heavy atom. The molecule has 3 N–H and O–H groups in total. The first-order chi connectivity index (χ1) is 27.4. The van der Waals surface area contributed by atoms with Crippen LogP contribution in [0.1, 0.15) is 58.1 Å². The van der Waals surface area contributed by atoms with Crippen LogP contribution < -0.4 is 20.1 Å². The lowest BCUT2D eigenvalue weighted by Crippen LogP contribution is -2.56. The van der Waals surface area contributed by atoms with Crippen molar-refractivity contribution in [1.82, 2.24) is 25.4 Å². The summed E-state index contributed by atoms with van der Waals surface area (Å²) in [5, 5.41) is 16.5. The minimum Gasteiger partial charge on any atom is -0.491 e. The van der Waals surface area contributed by atoms with Gasteiger partial charge in [0.15, 0.2) is 0 Å². The van der Waals surface area contributed by atoms with Crippen LogP contribution >= 0.6 is 11.6 Å². The third-order valence-corrected chi connectivity index (χ3v) is 12.5. The third kappa shape index (κ3) is 9.11. The van der Waals surface area contributed by atoms with Crippen LogP contribution in [0.15, 0.2) is 30.4 Å². The summed E-state index contributed by atoms with van der Waals surface area (Å²) >= 11 is 6.96. The molecule has 5 aliphatic rings. The van der Waals surface area contributed by atoms with Gasteiger partial charge in [-0.1, -0.05) is 31.5 Å². The van der Waals surface area contributed by atoms with Gasteiger partial charge in [0.1, 0.15) is 53.0 Å². The second-order valence-corrected chi connectivity index (χ2v) is 16.5. The number of aromatic nitrogens is 1. The normalized spacial score (nSPS) is 28.3. The van der Waals surface area contributed by atoms with Crippen molar-refractivity contribution in [2.24, 2.45) is 17.8 Å². The highest BCUT2D eigenvalue weighted by Crippen LogP contribution is 2.52. The number of carboxylic acid groups (broad SMARTS) is 1. The van der Waals surface area contributed by atoms with E-state index < -0.39 is 47.6 Å². The Bertz CT molecular complexity index is 1860. The van der Waals surface area contributed by atoms with Crippen molar-refractivity contribution < 1.29 is 48.0 Å². The molecule has 0 spiro atoms. The molecule has 1 unspecified atom stereocenters. The van der Waals surface area contributed by atoms with Crippen molar-refractivity contribution in [3.05, 3.63) is 41.1 Å². The van der Waals surface area contributed by atoms with Gasteiger partial charge in [0.25, 0.3) is 0 Å². The Balaban J connectivity index is 1.13. The van der Waals surface area contributed by atoms with E-state index in [2.05, 4.69) is 22.1 Å². The van der Waals surface area contributed by atoms with Crippen LogP contribution in [0.2, 0.25) is 5.02 Å². The van der Waals surface area contributed by atoms with Gasteiger partial charge in [0.2, 0.25) is 11.8 Å². The number of hydrogen-bond acceptors (Lipinski definition) is 11. The number of ether oxygens (including phenoxy) is 5. The van der Waals surface area contributed by atoms with Crippen LogP contribution in [0, 0.1) is 17.8 Å². The topological polar surface area (TPSA) is 178 Å². The molecule has 3 amide bonds. The number of nitrogens with one attached hydrogen (secondary N) is 2. The maximum absolute atomic E-state index is 14.4. The zero-order chi connectivity index (χ0) is 40.4. The molecule has 8 atom stereocenters. The number of methoxy groups -OCH3 is 1. The zero-order valence-corrected chi connectivity index (χ0v) is 33.7. The Labute approximate surface area is 337 Å². The average Bonchev–Trinajstić information content (AvgIpc) is 4.00. The summed E-state index contributed by atoms with van der Waals surface area (Å²) in [5.74, 6) is -0.417. The number of carbonyl (C=O) groups is 4. The first kappa shape index (κ1) is 41.0. The number of morpholine rings is 1. The van der Waals surface area contributed by atoms with Gasteiger partial charge in [-0.05, 0) is 68.1 Å². The number of pyridine rings is 1. The largest absolute Gasteiger partial charge is 0.491 e. The highest BCUT2D eigenvalue weighted by atomic mass is 35.5. The van der Waals surface area contributed by atoms with E-state index in [9.17, 15) is 24.3 Å². The first-order valence-corrected chi connectivity index (χ1v) is 20.5. The van der Waals surface area contributed by atoms with Crippen molar-refractivity contribution in [2.45, 2.75) is 88.6 Å². The zero-order valence-electron chi connectivity index (χ0n) is 32.9. The predicted molar refractivity (Wildman–Crippen MR) is 209 cm³/mol. The number of aliphatic carboxylic acids is 1. The first-order valence-electron chi connectivity index (χ1n) is 20.1. The van der Waals surface area contributed by atoms with Crippen LogP contribution in [0.4, 0.5) is 4.79 Å². The number of fused-ring (bicyclic) bond motifs is 2. The molecule has 2 aromatic rings. The Morgan fingerprint density at radius 1 is 1.09 bits per heavy atom. The standard InChI is InChI=1S/C41H54ClN5O10/c1-5-26-21-41(26,39(50)51)45-37(48)31-20-29(22-47(31)38(49)35(23(2)3)44-40(52)57-28-17-24-16-25(24)18-28)56-33-19-27(8-12-53-4)43-36-30(33)6-7-32(34(36)42)55-15-11-46-9-13-54-14-10-46/h6-7,19,24-26,28-29,31,35H,2,5,8-18,20-22H2,1,3-4H3,(H,44,52)(H,45,48)(H,50,51)/t24-,25+,26-,28?,29-,31+,35+,41-/m1/s1. The van der Waals surface area contributed by atoms with Crippen LogP contribution in [0.5, 0.6) is 11.5 Å². The van der Waals surface area contributed by atoms with Gasteiger partial charge in [0, 0.05) is 56.7 Å². The molecule has 57 heavy (non-hydrogen) atoms. The van der Waals surface area contributed by atoms with Gasteiger partial charge in [-0.3, -0.25) is 19.5 Å². The molecule has 3 heterocycles. The van der Waals surface area contributed by atoms with Crippen molar-refractivity contribution in [2.75, 3.05) is 59.7 Å². The maximum atomic E-state index is 14.4. The molecule has 2 aliphatic heterocycles. The van der Waals surface area contributed by atoms with Crippen molar-refractivity contribution in [3.63, 3.8) is 0 Å². The molecule has 310 valence electrons. The smallest absolute Gasteiger partial charge is 0.408 e. The number of carbonyl (C=O) groups excluding carboxylic acids is 3. The molecule has 0 radical (unpaired) electrons. The van der Waals surface area contributed by atoms with E-state index in [0.717, 1.165) is 32.5 Å². The minimum atomic E-state index is -1.41. The number of nitrogens with zero attached hydrogens (tertiary/aromatic N) is 3. The SMILES string of the molecule is C=C(C)[C@H](NC(=O)OC1C[C@@H]2C[C@@H]2C1)C(=O)N1C[C@H](Oc2cc(CCOC)nc3c(Cl)c(OCCN4CCOCC4)ccc23)C[C@H]1C(=O)N[C@]1(C(=O)O)C[C@H]1CC. The monoisotopic (exact) mass is 811 g/mol. The van der Waals surface area contributed by atoms with Crippen LogP contribution in [0.3, 0.4) is 0 Å². The molecule has 2 saturated heterocycles. The van der Waals surface area contributed by atoms with Crippen LogP contribution in [-0.2, 0) is 35.0 Å². The molecule has 1 aromatic heterocycles. The van der Waals surface area contributed by atoms with E-state index in [1.165, 1.54) is 11.3 Å². The fourth-order valence-corrected chi connectivity index (χ4v) is 8.94. The van der Waals surface area contributed by atoms with E-state index >= 15 is 0 Å². The Morgan fingerprint density at radius 2 is 1.84 bits per heavy atom. The molecule has 0 bridgehead atoms. The minimum absolute atomic E-state index is 0.0334. The van der Waals surface area contributed by atoms with E-state index in [1.54, 1.807) is 26.2 Å².